The van der Waals surface area contributed by atoms with Crippen LogP contribution in [0.4, 0.5) is 0 Å². The SMILES string of the molecule is CN(C)CC1(COc2ccc(-c3ncc(CN)s3)cc2)CCC1.Cl. The maximum atomic E-state index is 6.07. The van der Waals surface area contributed by atoms with E-state index in [9.17, 15) is 0 Å². The third-order valence-corrected chi connectivity index (χ3v) is 5.54. The number of benzene rings is 1. The average molecular weight is 368 g/mol. The van der Waals surface area contributed by atoms with Crippen molar-refractivity contribution in [1.82, 2.24) is 9.88 Å². The summed E-state index contributed by atoms with van der Waals surface area (Å²) in [6.45, 7) is 2.46. The third-order valence-electron chi connectivity index (χ3n) is 4.47. The maximum absolute atomic E-state index is 6.07. The molecule has 0 atom stereocenters. The molecule has 1 aromatic carbocycles. The predicted octanol–water partition coefficient (Wildman–Crippen LogP) is 3.80. The highest BCUT2D eigenvalue weighted by Crippen LogP contribution is 2.41. The lowest BCUT2D eigenvalue weighted by atomic mass is 9.69. The van der Waals surface area contributed by atoms with Gasteiger partial charge < -0.3 is 15.4 Å². The molecule has 1 heterocycles. The second-order valence-corrected chi connectivity index (χ2v) is 7.86. The standard InChI is InChI=1S/C18H25N3OS.ClH/c1-21(2)12-18(8-3-9-18)13-22-15-6-4-14(5-7-15)17-20-11-16(10-19)23-17;/h4-7,11H,3,8-10,12-13,19H2,1-2H3;1H. The van der Waals surface area contributed by atoms with Crippen molar-refractivity contribution in [3.8, 4) is 16.3 Å². The van der Waals surface area contributed by atoms with Gasteiger partial charge in [0.25, 0.3) is 0 Å². The Kier molecular flexibility index (Phi) is 6.63. The van der Waals surface area contributed by atoms with E-state index in [-0.39, 0.29) is 12.4 Å². The smallest absolute Gasteiger partial charge is 0.123 e. The largest absolute Gasteiger partial charge is 0.493 e. The van der Waals surface area contributed by atoms with Gasteiger partial charge in [-0.15, -0.1) is 23.7 Å². The van der Waals surface area contributed by atoms with Crippen molar-refractivity contribution in [1.29, 1.82) is 0 Å². The first kappa shape index (κ1) is 19.2. The maximum Gasteiger partial charge on any atom is 0.123 e. The predicted molar refractivity (Wildman–Crippen MR) is 103 cm³/mol. The van der Waals surface area contributed by atoms with Gasteiger partial charge >= 0.3 is 0 Å². The zero-order valence-electron chi connectivity index (χ0n) is 14.3. The van der Waals surface area contributed by atoms with E-state index in [1.54, 1.807) is 11.3 Å². The van der Waals surface area contributed by atoms with Crippen molar-refractivity contribution >= 4 is 23.7 Å². The van der Waals surface area contributed by atoms with Gasteiger partial charge in [0, 0.05) is 35.1 Å². The molecule has 132 valence electrons. The lowest BCUT2D eigenvalue weighted by Crippen LogP contribution is -2.44. The minimum atomic E-state index is 0. The molecule has 0 unspecified atom stereocenters. The van der Waals surface area contributed by atoms with E-state index in [1.807, 2.05) is 18.3 Å². The fourth-order valence-electron chi connectivity index (χ4n) is 3.16. The molecule has 3 rings (SSSR count). The molecule has 0 bridgehead atoms. The summed E-state index contributed by atoms with van der Waals surface area (Å²) in [5, 5.41) is 1.01. The van der Waals surface area contributed by atoms with Crippen LogP contribution in [0.15, 0.2) is 30.5 Å². The first-order valence-corrected chi connectivity index (χ1v) is 8.95. The molecule has 4 nitrogen and oxygen atoms in total. The molecular formula is C18H26ClN3OS. The summed E-state index contributed by atoms with van der Waals surface area (Å²) in [5.74, 6) is 0.939. The molecule has 0 spiro atoms. The van der Waals surface area contributed by atoms with Crippen molar-refractivity contribution in [2.24, 2.45) is 11.1 Å². The zero-order chi connectivity index (χ0) is 16.3. The minimum absolute atomic E-state index is 0. The molecule has 2 aromatic rings. The Bertz CT molecular complexity index is 638. The van der Waals surface area contributed by atoms with Gasteiger partial charge in [0.2, 0.25) is 0 Å². The van der Waals surface area contributed by atoms with Crippen LogP contribution in [0, 0.1) is 5.41 Å². The molecule has 0 amide bonds. The van der Waals surface area contributed by atoms with E-state index >= 15 is 0 Å². The van der Waals surface area contributed by atoms with E-state index in [1.165, 1.54) is 19.3 Å². The van der Waals surface area contributed by atoms with Crippen LogP contribution >= 0.6 is 23.7 Å². The van der Waals surface area contributed by atoms with Gasteiger partial charge in [-0.05, 0) is 51.2 Å². The average Bonchev–Trinajstić information content (AvgIpc) is 2.99. The zero-order valence-corrected chi connectivity index (χ0v) is 16.0. The van der Waals surface area contributed by atoms with Gasteiger partial charge in [0.05, 0.1) is 6.61 Å². The van der Waals surface area contributed by atoms with Crippen LogP contribution in [0.1, 0.15) is 24.1 Å². The molecule has 1 aliphatic carbocycles. The summed E-state index contributed by atoms with van der Waals surface area (Å²) in [6, 6.07) is 8.24. The highest BCUT2D eigenvalue weighted by atomic mass is 35.5. The van der Waals surface area contributed by atoms with Crippen LogP contribution in [0.2, 0.25) is 0 Å². The molecule has 24 heavy (non-hydrogen) atoms. The Morgan fingerprint density at radius 1 is 1.25 bits per heavy atom. The third kappa shape index (κ3) is 4.48. The number of thiazole rings is 1. The molecule has 1 aromatic heterocycles. The number of hydrogen-bond donors (Lipinski definition) is 1. The van der Waals surface area contributed by atoms with Crippen molar-refractivity contribution in [2.45, 2.75) is 25.8 Å². The van der Waals surface area contributed by atoms with E-state index < -0.39 is 0 Å². The Morgan fingerprint density at radius 3 is 2.46 bits per heavy atom. The lowest BCUT2D eigenvalue weighted by molar-refractivity contribution is 0.0315. The highest BCUT2D eigenvalue weighted by Gasteiger charge is 2.38. The Hall–Kier alpha value is -1.14. The topological polar surface area (TPSA) is 51.4 Å². The van der Waals surface area contributed by atoms with Crippen molar-refractivity contribution in [3.63, 3.8) is 0 Å². The molecule has 2 N–H and O–H groups in total. The number of rotatable bonds is 7. The summed E-state index contributed by atoms with van der Waals surface area (Å²) in [6.07, 6.45) is 5.71. The second kappa shape index (κ2) is 8.30. The van der Waals surface area contributed by atoms with Crippen LogP contribution in [0.3, 0.4) is 0 Å². The van der Waals surface area contributed by atoms with Crippen LogP contribution in [0.25, 0.3) is 10.6 Å². The first-order chi connectivity index (χ1) is 11.1. The van der Waals surface area contributed by atoms with Crippen LogP contribution in [0.5, 0.6) is 5.75 Å². The van der Waals surface area contributed by atoms with Gasteiger partial charge in [-0.1, -0.05) is 6.42 Å². The van der Waals surface area contributed by atoms with Gasteiger partial charge in [0.1, 0.15) is 10.8 Å². The molecule has 0 aliphatic heterocycles. The minimum Gasteiger partial charge on any atom is -0.493 e. The van der Waals surface area contributed by atoms with Gasteiger partial charge in [0.15, 0.2) is 0 Å². The van der Waals surface area contributed by atoms with Gasteiger partial charge in [-0.2, -0.15) is 0 Å². The quantitative estimate of drug-likeness (QED) is 0.808. The molecule has 0 saturated heterocycles. The number of halogens is 1. The normalized spacial score (nSPS) is 15.7. The Labute approximate surface area is 154 Å². The van der Waals surface area contributed by atoms with Gasteiger partial charge in [-0.3, -0.25) is 0 Å². The van der Waals surface area contributed by atoms with Crippen LogP contribution in [-0.4, -0.2) is 37.1 Å². The number of hydrogen-bond acceptors (Lipinski definition) is 5. The van der Waals surface area contributed by atoms with Crippen molar-refractivity contribution < 1.29 is 4.74 Å². The first-order valence-electron chi connectivity index (χ1n) is 8.13. The monoisotopic (exact) mass is 367 g/mol. The highest BCUT2D eigenvalue weighted by molar-refractivity contribution is 7.15. The van der Waals surface area contributed by atoms with E-state index in [4.69, 9.17) is 10.5 Å². The molecule has 1 aliphatic rings. The molecule has 0 radical (unpaired) electrons. The lowest BCUT2D eigenvalue weighted by Gasteiger charge is -2.43. The Balaban J connectivity index is 0.00000208. The molecule has 6 heteroatoms. The summed E-state index contributed by atoms with van der Waals surface area (Å²) < 4.78 is 6.07. The van der Waals surface area contributed by atoms with E-state index in [0.29, 0.717) is 12.0 Å². The van der Waals surface area contributed by atoms with Crippen molar-refractivity contribution in [2.75, 3.05) is 27.2 Å². The van der Waals surface area contributed by atoms with Crippen molar-refractivity contribution in [3.05, 3.63) is 35.3 Å². The van der Waals surface area contributed by atoms with E-state index in [0.717, 1.165) is 34.3 Å². The molecular weight excluding hydrogens is 342 g/mol. The summed E-state index contributed by atoms with van der Waals surface area (Å²) in [5.41, 5.74) is 7.11. The molecule has 1 fully saturated rings. The molecule has 1 saturated carbocycles. The number of ether oxygens (including phenoxy) is 1. The number of nitrogens with zero attached hydrogens (tertiary/aromatic N) is 2. The fourth-order valence-corrected chi connectivity index (χ4v) is 3.96. The number of nitrogens with two attached hydrogens (primary N) is 1. The van der Waals surface area contributed by atoms with Crippen LogP contribution in [-0.2, 0) is 6.54 Å². The van der Waals surface area contributed by atoms with Gasteiger partial charge in [-0.25, -0.2) is 4.98 Å². The summed E-state index contributed by atoms with van der Waals surface area (Å²) in [4.78, 5) is 7.79. The Morgan fingerprint density at radius 2 is 1.96 bits per heavy atom. The van der Waals surface area contributed by atoms with Crippen LogP contribution < -0.4 is 10.5 Å². The second-order valence-electron chi connectivity index (χ2n) is 6.74. The number of aromatic nitrogens is 1. The van der Waals surface area contributed by atoms with E-state index in [2.05, 4.69) is 36.1 Å². The summed E-state index contributed by atoms with van der Waals surface area (Å²) >= 11 is 1.65. The summed E-state index contributed by atoms with van der Waals surface area (Å²) in [7, 11) is 4.27. The fraction of sp³-hybridized carbons (Fsp3) is 0.500.